The van der Waals surface area contributed by atoms with Crippen LogP contribution in [-0.2, 0) is 17.8 Å². The van der Waals surface area contributed by atoms with Crippen molar-refractivity contribution in [2.75, 3.05) is 19.6 Å². The van der Waals surface area contributed by atoms with E-state index in [0.717, 1.165) is 49.4 Å². The van der Waals surface area contributed by atoms with E-state index in [0.29, 0.717) is 6.61 Å². The zero-order chi connectivity index (χ0) is 18.1. The second-order valence-electron chi connectivity index (χ2n) is 6.88. The maximum atomic E-state index is 11.2. The predicted molar refractivity (Wildman–Crippen MR) is 111 cm³/mol. The van der Waals surface area contributed by atoms with E-state index >= 15 is 0 Å². The van der Waals surface area contributed by atoms with Gasteiger partial charge in [0.25, 0.3) is 0 Å². The highest BCUT2D eigenvalue weighted by atomic mass is 35.5. The van der Waals surface area contributed by atoms with Crippen molar-refractivity contribution in [1.29, 1.82) is 0 Å². The number of likely N-dealkylation sites (tertiary alicyclic amines) is 1. The first kappa shape index (κ1) is 19.9. The Balaban J connectivity index is 0.00000210. The number of carboxylic acids is 1. The van der Waals surface area contributed by atoms with Crippen LogP contribution in [0, 0.1) is 0 Å². The molecule has 144 valence electrons. The summed E-state index contributed by atoms with van der Waals surface area (Å²) in [5.41, 5.74) is 5.86. The topological polar surface area (TPSA) is 49.8 Å². The quantitative estimate of drug-likeness (QED) is 0.810. The molecule has 27 heavy (non-hydrogen) atoms. The van der Waals surface area contributed by atoms with Gasteiger partial charge in [-0.3, -0.25) is 4.79 Å². The molecule has 0 amide bonds. The SMILES string of the molecule is CCN1CCC(=C2c3cc(CC(=O)O)ccc3OCc3ccsc32)CC1.Cl. The van der Waals surface area contributed by atoms with E-state index in [9.17, 15) is 9.90 Å². The molecule has 1 aromatic heterocycles. The van der Waals surface area contributed by atoms with Crippen molar-refractivity contribution >= 4 is 35.3 Å². The minimum Gasteiger partial charge on any atom is -0.488 e. The number of carboxylic acid groups (broad SMARTS) is 1. The highest BCUT2D eigenvalue weighted by molar-refractivity contribution is 7.11. The lowest BCUT2D eigenvalue weighted by molar-refractivity contribution is -0.136. The number of nitrogens with zero attached hydrogens (tertiary/aromatic N) is 1. The highest BCUT2D eigenvalue weighted by Crippen LogP contribution is 2.43. The molecule has 1 aromatic carbocycles. The number of fused-ring (bicyclic) bond motifs is 2. The van der Waals surface area contributed by atoms with Crippen molar-refractivity contribution in [1.82, 2.24) is 4.90 Å². The zero-order valence-electron chi connectivity index (χ0n) is 15.4. The van der Waals surface area contributed by atoms with Gasteiger partial charge < -0.3 is 14.7 Å². The fraction of sp³-hybridized carbons (Fsp3) is 0.381. The summed E-state index contributed by atoms with van der Waals surface area (Å²) in [6.07, 6.45) is 2.16. The average Bonchev–Trinajstić information content (AvgIpc) is 3.04. The summed E-state index contributed by atoms with van der Waals surface area (Å²) in [5.74, 6) is 0.0599. The minimum absolute atomic E-state index is 0. The molecule has 0 aliphatic carbocycles. The van der Waals surface area contributed by atoms with Gasteiger partial charge in [0.15, 0.2) is 0 Å². The van der Waals surface area contributed by atoms with Crippen LogP contribution in [-0.4, -0.2) is 35.6 Å². The molecule has 1 saturated heterocycles. The highest BCUT2D eigenvalue weighted by Gasteiger charge is 2.26. The van der Waals surface area contributed by atoms with Gasteiger partial charge in [-0.05, 0) is 48.5 Å². The molecule has 0 radical (unpaired) electrons. The molecular formula is C21H24ClNO3S. The van der Waals surface area contributed by atoms with Crippen LogP contribution in [0.2, 0.25) is 0 Å². The van der Waals surface area contributed by atoms with E-state index in [4.69, 9.17) is 4.74 Å². The number of hydrogen-bond donors (Lipinski definition) is 1. The number of benzene rings is 1. The van der Waals surface area contributed by atoms with Gasteiger partial charge >= 0.3 is 5.97 Å². The minimum atomic E-state index is -0.804. The van der Waals surface area contributed by atoms with Crippen LogP contribution in [0.15, 0.2) is 35.2 Å². The smallest absolute Gasteiger partial charge is 0.307 e. The predicted octanol–water partition coefficient (Wildman–Crippen LogP) is 4.61. The fourth-order valence-corrected chi connectivity index (χ4v) is 4.89. The Kier molecular flexibility index (Phi) is 6.25. The normalized spacial score (nSPS) is 16.6. The van der Waals surface area contributed by atoms with Gasteiger partial charge in [0.1, 0.15) is 12.4 Å². The van der Waals surface area contributed by atoms with Crippen LogP contribution in [0.3, 0.4) is 0 Å². The van der Waals surface area contributed by atoms with E-state index in [1.165, 1.54) is 21.6 Å². The molecule has 0 spiro atoms. The van der Waals surface area contributed by atoms with E-state index in [1.807, 2.05) is 18.2 Å². The third kappa shape index (κ3) is 4.05. The molecule has 2 aliphatic rings. The monoisotopic (exact) mass is 405 g/mol. The van der Waals surface area contributed by atoms with Crippen molar-refractivity contribution in [2.24, 2.45) is 0 Å². The molecule has 4 rings (SSSR count). The molecule has 0 unspecified atom stereocenters. The van der Waals surface area contributed by atoms with E-state index in [-0.39, 0.29) is 18.8 Å². The number of halogens is 1. The van der Waals surface area contributed by atoms with Crippen molar-refractivity contribution in [3.8, 4) is 5.75 Å². The first-order valence-electron chi connectivity index (χ1n) is 9.14. The lowest BCUT2D eigenvalue weighted by Crippen LogP contribution is -2.30. The first-order chi connectivity index (χ1) is 12.7. The standard InChI is InChI=1S/C21H23NO3S.ClH/c1-2-22-8-5-15(6-9-22)20-17-11-14(12-19(23)24)3-4-18(17)25-13-16-7-10-26-21(16)20;/h3-4,7,10-11H,2,5-6,8-9,12-13H2,1H3,(H,23,24);1H. The van der Waals surface area contributed by atoms with Crippen molar-refractivity contribution in [2.45, 2.75) is 32.8 Å². The van der Waals surface area contributed by atoms with Gasteiger partial charge in [0.2, 0.25) is 0 Å². The second kappa shape index (κ2) is 8.46. The number of rotatable bonds is 3. The lowest BCUT2D eigenvalue weighted by Gasteiger charge is -2.29. The maximum absolute atomic E-state index is 11.2. The van der Waals surface area contributed by atoms with Gasteiger partial charge in [-0.2, -0.15) is 0 Å². The summed E-state index contributed by atoms with van der Waals surface area (Å²) in [4.78, 5) is 14.9. The number of thiophene rings is 1. The molecule has 6 heteroatoms. The maximum Gasteiger partial charge on any atom is 0.307 e. The Bertz CT molecular complexity index is 864. The van der Waals surface area contributed by atoms with Gasteiger partial charge in [0.05, 0.1) is 6.42 Å². The van der Waals surface area contributed by atoms with Crippen LogP contribution in [0.1, 0.15) is 41.3 Å². The summed E-state index contributed by atoms with van der Waals surface area (Å²) < 4.78 is 6.07. The number of aliphatic carboxylic acids is 1. The van der Waals surface area contributed by atoms with Crippen LogP contribution in [0.5, 0.6) is 5.75 Å². The Morgan fingerprint density at radius 3 is 2.74 bits per heavy atom. The Labute approximate surface area is 169 Å². The number of hydrogen-bond acceptors (Lipinski definition) is 4. The molecule has 3 heterocycles. The fourth-order valence-electron chi connectivity index (χ4n) is 3.87. The van der Waals surface area contributed by atoms with Crippen LogP contribution in [0.25, 0.3) is 5.57 Å². The van der Waals surface area contributed by atoms with Gasteiger partial charge in [-0.1, -0.05) is 18.6 Å². The summed E-state index contributed by atoms with van der Waals surface area (Å²) in [6, 6.07) is 7.97. The van der Waals surface area contributed by atoms with E-state index < -0.39 is 5.97 Å². The van der Waals surface area contributed by atoms with Gasteiger partial charge in [-0.15, -0.1) is 23.7 Å². The van der Waals surface area contributed by atoms with Crippen molar-refractivity contribution in [3.05, 3.63) is 56.8 Å². The molecular weight excluding hydrogens is 382 g/mol. The summed E-state index contributed by atoms with van der Waals surface area (Å²) in [7, 11) is 0. The van der Waals surface area contributed by atoms with E-state index in [1.54, 1.807) is 11.3 Å². The number of piperidine rings is 1. The van der Waals surface area contributed by atoms with Crippen molar-refractivity contribution in [3.63, 3.8) is 0 Å². The summed E-state index contributed by atoms with van der Waals surface area (Å²) in [6.45, 7) is 6.04. The molecule has 0 atom stereocenters. The van der Waals surface area contributed by atoms with E-state index in [2.05, 4.69) is 23.3 Å². The Morgan fingerprint density at radius 1 is 1.26 bits per heavy atom. The second-order valence-corrected chi connectivity index (χ2v) is 7.79. The largest absolute Gasteiger partial charge is 0.488 e. The third-order valence-corrected chi connectivity index (χ3v) is 6.26. The first-order valence-corrected chi connectivity index (χ1v) is 10.0. The summed E-state index contributed by atoms with van der Waals surface area (Å²) >= 11 is 1.76. The summed E-state index contributed by atoms with van der Waals surface area (Å²) in [5, 5.41) is 11.3. The number of carbonyl (C=O) groups is 1. The molecule has 1 N–H and O–H groups in total. The molecule has 2 aromatic rings. The lowest BCUT2D eigenvalue weighted by atomic mass is 9.90. The zero-order valence-corrected chi connectivity index (χ0v) is 17.0. The third-order valence-electron chi connectivity index (χ3n) is 5.29. The van der Waals surface area contributed by atoms with Crippen LogP contribution < -0.4 is 4.74 Å². The van der Waals surface area contributed by atoms with Gasteiger partial charge in [0, 0.05) is 34.7 Å². The Hall–Kier alpha value is -1.82. The molecule has 1 fully saturated rings. The van der Waals surface area contributed by atoms with Crippen LogP contribution in [0.4, 0.5) is 0 Å². The average molecular weight is 406 g/mol. The Morgan fingerprint density at radius 2 is 2.04 bits per heavy atom. The molecule has 2 aliphatic heterocycles. The number of ether oxygens (including phenoxy) is 1. The van der Waals surface area contributed by atoms with Crippen LogP contribution >= 0.6 is 23.7 Å². The van der Waals surface area contributed by atoms with Gasteiger partial charge in [-0.25, -0.2) is 0 Å². The van der Waals surface area contributed by atoms with Crippen molar-refractivity contribution < 1.29 is 14.6 Å². The molecule has 0 bridgehead atoms. The molecule has 0 saturated carbocycles. The molecule has 4 nitrogen and oxygen atoms in total.